The van der Waals surface area contributed by atoms with Crippen LogP contribution in [0.5, 0.6) is 0 Å². The summed E-state index contributed by atoms with van der Waals surface area (Å²) in [4.78, 5) is 15.4. The molecular weight excluding hydrogens is 286 g/mol. The van der Waals surface area contributed by atoms with Gasteiger partial charge in [0.05, 0.1) is 6.61 Å². The van der Waals surface area contributed by atoms with E-state index in [1.165, 1.54) is 12.3 Å². The lowest BCUT2D eigenvalue weighted by Gasteiger charge is -2.30. The first-order valence-corrected chi connectivity index (χ1v) is 6.60. The summed E-state index contributed by atoms with van der Waals surface area (Å²) in [6.45, 7) is -0.379. The maximum absolute atomic E-state index is 11.8. The summed E-state index contributed by atoms with van der Waals surface area (Å²) in [6, 6.07) is 1.42. The second kappa shape index (κ2) is 4.47. The zero-order valence-electron chi connectivity index (χ0n) is 10.5. The van der Waals surface area contributed by atoms with Crippen LogP contribution in [0.25, 0.3) is 5.88 Å². The van der Waals surface area contributed by atoms with Crippen LogP contribution in [0, 0.1) is 5.92 Å². The molecule has 0 unspecified atom stereocenters. The molecule has 1 aliphatic carbocycles. The number of rotatable bonds is 3. The van der Waals surface area contributed by atoms with Crippen molar-refractivity contribution in [2.45, 2.75) is 24.5 Å². The predicted molar refractivity (Wildman–Crippen MR) is 71.6 cm³/mol. The highest BCUT2D eigenvalue weighted by Crippen LogP contribution is 2.51. The largest absolute Gasteiger partial charge is 0.465 e. The van der Waals surface area contributed by atoms with Gasteiger partial charge in [-0.3, -0.25) is 0 Å². The van der Waals surface area contributed by atoms with Crippen LogP contribution in [-0.2, 0) is 4.74 Å². The van der Waals surface area contributed by atoms with Gasteiger partial charge in [-0.25, -0.2) is 9.36 Å². The molecule has 2 atom stereocenters. The number of halogens is 1. The normalized spacial score (nSPS) is 29.6. The quantitative estimate of drug-likeness (QED) is 0.708. The lowest BCUT2D eigenvalue weighted by Crippen LogP contribution is -2.46. The number of aromatic nitrogens is 2. The first-order valence-electron chi connectivity index (χ1n) is 6.23. The number of nitrogens with two attached hydrogens (primary N) is 1. The van der Waals surface area contributed by atoms with Crippen LogP contribution in [0.2, 0.25) is 0 Å². The number of hydrogen-bond donors (Lipinski definition) is 3. The van der Waals surface area contributed by atoms with Crippen molar-refractivity contribution in [1.29, 1.82) is 0 Å². The van der Waals surface area contributed by atoms with Crippen molar-refractivity contribution in [3.05, 3.63) is 27.8 Å². The number of hydrogen-bond acceptors (Lipinski definition) is 6. The van der Waals surface area contributed by atoms with E-state index in [-0.39, 0.29) is 29.3 Å². The minimum absolute atomic E-state index is 0.00221. The molecular formula is C12H14ClN3O4. The predicted octanol–water partition coefficient (Wildman–Crippen LogP) is -0.277. The summed E-state index contributed by atoms with van der Waals surface area (Å²) < 4.78 is 6.75. The first-order chi connectivity index (χ1) is 9.49. The maximum atomic E-state index is 11.8. The molecule has 7 nitrogen and oxygen atoms in total. The molecule has 4 N–H and O–H groups in total. The van der Waals surface area contributed by atoms with Crippen molar-refractivity contribution in [3.8, 4) is 0 Å². The summed E-state index contributed by atoms with van der Waals surface area (Å²) in [5.41, 5.74) is 3.59. The SMILES string of the molecule is Nc1ccn(C2=C(Cl)[C@H](O)[C@](CO)(C3CC3)O2)c(=O)n1. The Labute approximate surface area is 119 Å². The van der Waals surface area contributed by atoms with E-state index >= 15 is 0 Å². The Morgan fingerprint density at radius 3 is 2.85 bits per heavy atom. The minimum Gasteiger partial charge on any atom is -0.465 e. The molecule has 8 heteroatoms. The van der Waals surface area contributed by atoms with Crippen molar-refractivity contribution in [2.24, 2.45) is 5.92 Å². The lowest BCUT2D eigenvalue weighted by molar-refractivity contribution is -0.0853. The molecule has 1 saturated carbocycles. The third-order valence-corrected chi connectivity index (χ3v) is 4.12. The lowest BCUT2D eigenvalue weighted by atomic mass is 9.93. The van der Waals surface area contributed by atoms with E-state index in [0.29, 0.717) is 0 Å². The molecule has 1 fully saturated rings. The van der Waals surface area contributed by atoms with E-state index in [9.17, 15) is 15.0 Å². The molecule has 1 aromatic heterocycles. The van der Waals surface area contributed by atoms with Crippen molar-refractivity contribution in [3.63, 3.8) is 0 Å². The third-order valence-electron chi connectivity index (χ3n) is 3.75. The maximum Gasteiger partial charge on any atom is 0.356 e. The van der Waals surface area contributed by atoms with Crippen LogP contribution >= 0.6 is 11.6 Å². The van der Waals surface area contributed by atoms with Crippen LogP contribution in [0.15, 0.2) is 22.1 Å². The van der Waals surface area contributed by atoms with Crippen LogP contribution in [0.1, 0.15) is 12.8 Å². The van der Waals surface area contributed by atoms with Crippen molar-refractivity contribution in [1.82, 2.24) is 9.55 Å². The van der Waals surface area contributed by atoms with Gasteiger partial charge < -0.3 is 20.7 Å². The molecule has 0 bridgehead atoms. The number of anilines is 1. The van der Waals surface area contributed by atoms with Gasteiger partial charge in [0.2, 0.25) is 5.88 Å². The van der Waals surface area contributed by atoms with Gasteiger partial charge in [-0.15, -0.1) is 0 Å². The summed E-state index contributed by atoms with van der Waals surface area (Å²) in [6.07, 6.45) is 1.88. The molecule has 20 heavy (non-hydrogen) atoms. The van der Waals surface area contributed by atoms with E-state index in [0.717, 1.165) is 17.4 Å². The molecule has 0 radical (unpaired) electrons. The number of aliphatic hydroxyl groups is 2. The van der Waals surface area contributed by atoms with Gasteiger partial charge in [-0.05, 0) is 18.9 Å². The summed E-state index contributed by atoms with van der Waals surface area (Å²) in [5, 5.41) is 19.8. The van der Waals surface area contributed by atoms with Gasteiger partial charge in [0, 0.05) is 12.1 Å². The standard InChI is InChI=1S/C12H14ClN3O4/c13-8-9(18)12(5-17,6-1-2-6)20-10(8)16-4-3-7(14)15-11(16)19/h3-4,6,9,17-18H,1-2,5H2,(H2,14,15,19)/t9-,12-/m0/s1. The van der Waals surface area contributed by atoms with E-state index < -0.39 is 17.4 Å². The average Bonchev–Trinajstić information content (AvgIpc) is 3.22. The Hall–Kier alpha value is -1.57. The average molecular weight is 300 g/mol. The fraction of sp³-hybridized carbons (Fsp3) is 0.500. The topological polar surface area (TPSA) is 111 Å². The molecule has 0 saturated heterocycles. The highest BCUT2D eigenvalue weighted by atomic mass is 35.5. The Kier molecular flexibility index (Phi) is 3.00. The second-order valence-electron chi connectivity index (χ2n) is 5.05. The van der Waals surface area contributed by atoms with Gasteiger partial charge >= 0.3 is 5.69 Å². The molecule has 3 rings (SSSR count). The van der Waals surface area contributed by atoms with E-state index in [4.69, 9.17) is 22.1 Å². The van der Waals surface area contributed by atoms with Gasteiger partial charge in [0.15, 0.2) is 5.60 Å². The van der Waals surface area contributed by atoms with E-state index in [1.807, 2.05) is 0 Å². The van der Waals surface area contributed by atoms with Crippen molar-refractivity contribution < 1.29 is 14.9 Å². The second-order valence-corrected chi connectivity index (χ2v) is 5.46. The Morgan fingerprint density at radius 1 is 1.60 bits per heavy atom. The monoisotopic (exact) mass is 299 g/mol. The smallest absolute Gasteiger partial charge is 0.356 e. The Balaban J connectivity index is 2.04. The molecule has 0 spiro atoms. The molecule has 1 aromatic rings. The fourth-order valence-corrected chi connectivity index (χ4v) is 2.79. The molecule has 1 aliphatic heterocycles. The van der Waals surface area contributed by atoms with Crippen LogP contribution in [0.3, 0.4) is 0 Å². The zero-order valence-corrected chi connectivity index (χ0v) is 11.2. The molecule has 0 aromatic carbocycles. The van der Waals surface area contributed by atoms with Gasteiger partial charge in [0.1, 0.15) is 17.0 Å². The summed E-state index contributed by atoms with van der Waals surface area (Å²) >= 11 is 6.08. The third kappa shape index (κ3) is 1.81. The van der Waals surface area contributed by atoms with Crippen molar-refractivity contribution in [2.75, 3.05) is 12.3 Å². The zero-order chi connectivity index (χ0) is 14.5. The molecule has 2 aliphatic rings. The van der Waals surface area contributed by atoms with Crippen LogP contribution < -0.4 is 11.4 Å². The van der Waals surface area contributed by atoms with Crippen molar-refractivity contribution >= 4 is 23.3 Å². The van der Waals surface area contributed by atoms with Crippen LogP contribution in [-0.4, -0.2) is 38.1 Å². The highest BCUT2D eigenvalue weighted by molar-refractivity contribution is 6.32. The fourth-order valence-electron chi connectivity index (χ4n) is 2.48. The molecule has 2 heterocycles. The number of nitrogen functional groups attached to an aromatic ring is 1. The number of aliphatic hydroxyl groups excluding tert-OH is 2. The first kappa shape index (κ1) is 13.4. The Bertz CT molecular complexity index is 640. The minimum atomic E-state index is -1.17. The van der Waals surface area contributed by atoms with Gasteiger partial charge in [-0.2, -0.15) is 4.98 Å². The van der Waals surface area contributed by atoms with Crippen LogP contribution in [0.4, 0.5) is 5.82 Å². The Morgan fingerprint density at radius 2 is 2.30 bits per heavy atom. The summed E-state index contributed by atoms with van der Waals surface area (Å²) in [5.74, 6) is 0.0981. The number of ether oxygens (including phenoxy) is 1. The van der Waals surface area contributed by atoms with E-state index in [2.05, 4.69) is 4.98 Å². The van der Waals surface area contributed by atoms with Gasteiger partial charge in [-0.1, -0.05) is 11.6 Å². The van der Waals surface area contributed by atoms with E-state index in [1.54, 1.807) is 0 Å². The summed E-state index contributed by atoms with van der Waals surface area (Å²) in [7, 11) is 0. The molecule has 0 amide bonds. The van der Waals surface area contributed by atoms with Gasteiger partial charge in [0.25, 0.3) is 0 Å². The molecule has 108 valence electrons. The number of nitrogens with zero attached hydrogens (tertiary/aromatic N) is 2. The highest BCUT2D eigenvalue weighted by Gasteiger charge is 2.58.